The average molecular weight is 906 g/mol. The molecule has 8 unspecified atom stereocenters. The molecule has 0 aromatic heterocycles. The summed E-state index contributed by atoms with van der Waals surface area (Å²) in [6, 6.07) is 0. The minimum absolute atomic E-state index is 1.04. The van der Waals surface area contributed by atoms with Gasteiger partial charge in [-0.2, -0.15) is 0 Å². The minimum Gasteiger partial charge on any atom is -0.0656 e. The molecule has 0 heteroatoms. The molecule has 8 rings (SSSR count). The van der Waals surface area contributed by atoms with E-state index in [-0.39, 0.29) is 0 Å². The molecule has 8 aliphatic rings. The molecule has 392 valence electrons. The molecule has 0 spiro atoms. The highest BCUT2D eigenvalue weighted by molar-refractivity contribution is 4.91. The lowest BCUT2D eigenvalue weighted by molar-refractivity contribution is 0.194. The second-order valence-electron chi connectivity index (χ2n) is 23.8. The van der Waals surface area contributed by atoms with E-state index < -0.39 is 0 Å². The van der Waals surface area contributed by atoms with Crippen molar-refractivity contribution in [2.45, 2.75) is 320 Å². The summed E-state index contributed by atoms with van der Waals surface area (Å²) in [7, 11) is 0. The van der Waals surface area contributed by atoms with Gasteiger partial charge in [-0.15, -0.1) is 0 Å². The zero-order valence-electron chi connectivity index (χ0n) is 50.2. The molecular formula is C64H136. The van der Waals surface area contributed by atoms with Crippen LogP contribution in [-0.2, 0) is 0 Å². The van der Waals surface area contributed by atoms with E-state index in [1.54, 1.807) is 0 Å². The van der Waals surface area contributed by atoms with E-state index in [1.807, 2.05) is 0 Å². The SMILES string of the molecule is CC1CC2CCC(C1)C2C.CC1CC2CCC(C1)C2C.CC1CC2CCC(C1)C2C.CC1CC2CCC(C1)C2C.CCC.CCC.CCC.CCC.CCC.CCC.CCC.CCC. The zero-order chi connectivity index (χ0) is 50.2. The van der Waals surface area contributed by atoms with Crippen LogP contribution in [0.4, 0.5) is 0 Å². The summed E-state index contributed by atoms with van der Waals surface area (Å²) in [6.45, 7) is 53.6. The molecule has 8 bridgehead atoms. The van der Waals surface area contributed by atoms with E-state index in [0.29, 0.717) is 0 Å². The molecule has 8 aliphatic carbocycles. The van der Waals surface area contributed by atoms with Crippen molar-refractivity contribution in [1.82, 2.24) is 0 Å². The highest BCUT2D eigenvalue weighted by Crippen LogP contribution is 2.51. The first kappa shape index (κ1) is 70.6. The predicted molar refractivity (Wildman–Crippen MR) is 303 cm³/mol. The molecule has 0 saturated heterocycles. The summed E-state index contributed by atoms with van der Waals surface area (Å²) in [6.07, 6.45) is 34.5. The van der Waals surface area contributed by atoms with Crippen LogP contribution in [-0.4, -0.2) is 0 Å². The van der Waals surface area contributed by atoms with E-state index in [9.17, 15) is 0 Å². The third-order valence-electron chi connectivity index (χ3n) is 15.2. The van der Waals surface area contributed by atoms with Crippen LogP contribution in [0.5, 0.6) is 0 Å². The summed E-state index contributed by atoms with van der Waals surface area (Å²) >= 11 is 0. The lowest BCUT2D eigenvalue weighted by Gasteiger charge is -2.31. The van der Waals surface area contributed by atoms with Crippen molar-refractivity contribution < 1.29 is 0 Å². The first-order valence-corrected chi connectivity index (χ1v) is 30.4. The summed E-state index contributed by atoms with van der Waals surface area (Å²) in [5.41, 5.74) is 0. The van der Waals surface area contributed by atoms with Gasteiger partial charge in [0.25, 0.3) is 0 Å². The van der Waals surface area contributed by atoms with Gasteiger partial charge in [-0.25, -0.2) is 0 Å². The molecule has 0 aromatic rings. The van der Waals surface area contributed by atoms with Gasteiger partial charge in [0, 0.05) is 0 Å². The van der Waals surface area contributed by atoms with Gasteiger partial charge in [-0.1, -0.05) is 218 Å². The van der Waals surface area contributed by atoms with Crippen molar-refractivity contribution >= 4 is 0 Å². The third kappa shape index (κ3) is 32.7. The van der Waals surface area contributed by atoms with E-state index >= 15 is 0 Å². The molecule has 0 aromatic carbocycles. The van der Waals surface area contributed by atoms with Crippen LogP contribution in [0.1, 0.15) is 320 Å². The maximum absolute atomic E-state index is 2.47. The normalized spacial score (nSPS) is 35.6. The predicted octanol–water partition coefficient (Wildman–Crippen LogP) is 23.6. The van der Waals surface area contributed by atoms with Crippen LogP contribution in [0.25, 0.3) is 0 Å². The Kier molecular flexibility index (Phi) is 51.5. The number of fused-ring (bicyclic) bond motifs is 8. The van der Waals surface area contributed by atoms with Gasteiger partial charge in [-0.3, -0.25) is 0 Å². The molecule has 0 heterocycles. The van der Waals surface area contributed by atoms with Gasteiger partial charge in [0.1, 0.15) is 0 Å². The quantitative estimate of drug-likeness (QED) is 0.227. The Balaban J connectivity index is -0.000000323. The van der Waals surface area contributed by atoms with Gasteiger partial charge in [0.15, 0.2) is 0 Å². The van der Waals surface area contributed by atoms with Crippen LogP contribution in [0.2, 0.25) is 0 Å². The Morgan fingerprint density at radius 1 is 0.188 bits per heavy atom. The molecule has 0 aliphatic heterocycles. The molecule has 0 N–H and O–H groups in total. The Labute approximate surface area is 413 Å². The van der Waals surface area contributed by atoms with Gasteiger partial charge < -0.3 is 0 Å². The minimum atomic E-state index is 1.04. The van der Waals surface area contributed by atoms with Gasteiger partial charge >= 0.3 is 0 Å². The third-order valence-corrected chi connectivity index (χ3v) is 15.2. The first-order valence-electron chi connectivity index (χ1n) is 30.4. The number of hydrogen-bond acceptors (Lipinski definition) is 0. The maximum Gasteiger partial charge on any atom is -0.0383 e. The number of hydrogen-bond donors (Lipinski definition) is 0. The lowest BCUT2D eigenvalue weighted by Crippen LogP contribution is -2.22. The van der Waals surface area contributed by atoms with Crippen molar-refractivity contribution in [3.63, 3.8) is 0 Å². The van der Waals surface area contributed by atoms with Crippen molar-refractivity contribution in [2.75, 3.05) is 0 Å². The highest BCUT2D eigenvalue weighted by Gasteiger charge is 2.40. The fourth-order valence-electron chi connectivity index (χ4n) is 12.5. The fraction of sp³-hybridized carbons (Fsp3) is 1.00. The van der Waals surface area contributed by atoms with Crippen molar-refractivity contribution in [3.8, 4) is 0 Å². The second kappa shape index (κ2) is 46.7. The molecular weight excluding hydrogens is 769 g/mol. The Hall–Kier alpha value is 0. The van der Waals surface area contributed by atoms with E-state index in [0.717, 1.165) is 94.7 Å². The topological polar surface area (TPSA) is 0 Å². The van der Waals surface area contributed by atoms with Gasteiger partial charge in [0.2, 0.25) is 0 Å². The molecule has 0 radical (unpaired) electrons. The van der Waals surface area contributed by atoms with Crippen molar-refractivity contribution in [2.24, 2.45) is 94.7 Å². The van der Waals surface area contributed by atoms with E-state index in [1.165, 1.54) is 154 Å². The highest BCUT2D eigenvalue weighted by atomic mass is 14.5. The Morgan fingerprint density at radius 3 is 0.344 bits per heavy atom. The van der Waals surface area contributed by atoms with Crippen LogP contribution in [0.3, 0.4) is 0 Å². The van der Waals surface area contributed by atoms with Gasteiger partial charge in [-0.05, 0) is 197 Å². The standard InChI is InChI=1S/4C10H18.8C3H8/c4*1-7-5-9-3-4-10(6-7)8(9)2;8*1-3-2/h4*7-10H,3-6H2,1-2H3;8*3H2,1-2H3. The summed E-state index contributed by atoms with van der Waals surface area (Å²) in [5, 5.41) is 0. The molecule has 8 fully saturated rings. The Morgan fingerprint density at radius 2 is 0.266 bits per heavy atom. The zero-order valence-corrected chi connectivity index (χ0v) is 50.2. The molecule has 64 heavy (non-hydrogen) atoms. The lowest BCUT2D eigenvalue weighted by atomic mass is 9.75. The molecule has 8 saturated carbocycles. The fourth-order valence-corrected chi connectivity index (χ4v) is 12.5. The Bertz CT molecular complexity index is 680. The summed E-state index contributed by atoms with van der Waals surface area (Å²) < 4.78 is 0. The van der Waals surface area contributed by atoms with Crippen LogP contribution in [0, 0.1) is 94.7 Å². The van der Waals surface area contributed by atoms with E-state index in [2.05, 4.69) is 166 Å². The van der Waals surface area contributed by atoms with Crippen LogP contribution in [0.15, 0.2) is 0 Å². The average Bonchev–Trinajstić information content (AvgIpc) is 3.72. The summed E-state index contributed by atoms with van der Waals surface area (Å²) in [4.78, 5) is 0. The van der Waals surface area contributed by atoms with Crippen LogP contribution < -0.4 is 0 Å². The molecule has 0 nitrogen and oxygen atoms in total. The summed E-state index contributed by atoms with van der Waals surface area (Å²) in [5.74, 6) is 17.2. The second-order valence-corrected chi connectivity index (χ2v) is 23.8. The monoisotopic (exact) mass is 905 g/mol. The molecule has 8 atom stereocenters. The number of rotatable bonds is 0. The van der Waals surface area contributed by atoms with Crippen LogP contribution >= 0.6 is 0 Å². The molecule has 0 amide bonds. The first-order chi connectivity index (χ1) is 30.4. The maximum atomic E-state index is 2.47. The largest absolute Gasteiger partial charge is 0.0656 e. The van der Waals surface area contributed by atoms with Crippen molar-refractivity contribution in [3.05, 3.63) is 0 Å². The van der Waals surface area contributed by atoms with Gasteiger partial charge in [0.05, 0.1) is 0 Å². The smallest absolute Gasteiger partial charge is 0.0383 e. The van der Waals surface area contributed by atoms with E-state index in [4.69, 9.17) is 0 Å². The van der Waals surface area contributed by atoms with Crippen molar-refractivity contribution in [1.29, 1.82) is 0 Å².